The van der Waals surface area contributed by atoms with Crippen LogP contribution in [0, 0.1) is 5.92 Å². The lowest BCUT2D eigenvalue weighted by molar-refractivity contribution is 0.0728. The first-order chi connectivity index (χ1) is 9.93. The van der Waals surface area contributed by atoms with E-state index in [1.165, 1.54) is 31.2 Å². The molecule has 0 saturated heterocycles. The SMILES string of the molecule is CC1CCCC(CNC(C)c2ccc(O)cc2)(N(C)C)C1. The average molecular weight is 290 g/mol. The highest BCUT2D eigenvalue weighted by molar-refractivity contribution is 5.27. The lowest BCUT2D eigenvalue weighted by Gasteiger charge is -2.46. The molecule has 3 nitrogen and oxygen atoms in total. The van der Waals surface area contributed by atoms with Crippen LogP contribution < -0.4 is 5.32 Å². The summed E-state index contributed by atoms with van der Waals surface area (Å²) in [4.78, 5) is 2.42. The molecule has 1 saturated carbocycles. The number of hydrogen-bond acceptors (Lipinski definition) is 3. The third kappa shape index (κ3) is 3.98. The fraction of sp³-hybridized carbons (Fsp3) is 0.667. The molecule has 0 aliphatic heterocycles. The van der Waals surface area contributed by atoms with Crippen LogP contribution in [0.5, 0.6) is 5.75 Å². The molecule has 1 aliphatic rings. The van der Waals surface area contributed by atoms with Crippen molar-refractivity contribution in [1.82, 2.24) is 10.2 Å². The third-order valence-corrected chi connectivity index (χ3v) is 5.15. The van der Waals surface area contributed by atoms with E-state index in [2.05, 4.69) is 38.2 Å². The first-order valence-corrected chi connectivity index (χ1v) is 8.13. The van der Waals surface area contributed by atoms with Gasteiger partial charge in [-0.2, -0.15) is 0 Å². The van der Waals surface area contributed by atoms with Crippen LogP contribution in [0.4, 0.5) is 0 Å². The van der Waals surface area contributed by atoms with Gasteiger partial charge in [-0.3, -0.25) is 0 Å². The van der Waals surface area contributed by atoms with E-state index in [0.29, 0.717) is 11.8 Å². The molecule has 0 amide bonds. The maximum atomic E-state index is 9.39. The van der Waals surface area contributed by atoms with Gasteiger partial charge in [0.15, 0.2) is 0 Å². The van der Waals surface area contributed by atoms with E-state index in [1.807, 2.05) is 12.1 Å². The highest BCUT2D eigenvalue weighted by Crippen LogP contribution is 2.35. The van der Waals surface area contributed by atoms with Crippen LogP contribution in [0.25, 0.3) is 0 Å². The van der Waals surface area contributed by atoms with Crippen molar-refractivity contribution in [2.45, 2.75) is 51.1 Å². The Labute approximate surface area is 129 Å². The minimum atomic E-state index is 0.281. The fourth-order valence-corrected chi connectivity index (χ4v) is 3.58. The molecule has 3 unspecified atom stereocenters. The zero-order valence-corrected chi connectivity index (χ0v) is 13.9. The molecule has 0 spiro atoms. The summed E-state index contributed by atoms with van der Waals surface area (Å²) < 4.78 is 0. The molecule has 3 heteroatoms. The number of nitrogens with zero attached hydrogens (tertiary/aromatic N) is 1. The molecule has 1 fully saturated rings. The molecule has 0 aromatic heterocycles. The summed E-state index contributed by atoms with van der Waals surface area (Å²) in [7, 11) is 4.43. The fourth-order valence-electron chi connectivity index (χ4n) is 3.58. The van der Waals surface area contributed by atoms with E-state index in [-0.39, 0.29) is 5.54 Å². The van der Waals surface area contributed by atoms with Gasteiger partial charge in [0.1, 0.15) is 5.75 Å². The van der Waals surface area contributed by atoms with Gasteiger partial charge in [-0.15, -0.1) is 0 Å². The van der Waals surface area contributed by atoms with Crippen LogP contribution in [-0.4, -0.2) is 36.2 Å². The predicted molar refractivity (Wildman–Crippen MR) is 88.6 cm³/mol. The molecule has 3 atom stereocenters. The number of likely N-dealkylation sites (N-methyl/N-ethyl adjacent to an activating group) is 1. The molecule has 2 N–H and O–H groups in total. The van der Waals surface area contributed by atoms with Gasteiger partial charge >= 0.3 is 0 Å². The first kappa shape index (κ1) is 16.3. The van der Waals surface area contributed by atoms with Gasteiger partial charge in [-0.05, 0) is 57.5 Å². The first-order valence-electron chi connectivity index (χ1n) is 8.13. The zero-order valence-electron chi connectivity index (χ0n) is 13.9. The molecule has 1 aromatic rings. The van der Waals surface area contributed by atoms with E-state index >= 15 is 0 Å². The number of phenols is 1. The maximum Gasteiger partial charge on any atom is 0.115 e. The number of phenolic OH excluding ortho intramolecular Hbond substituents is 1. The van der Waals surface area contributed by atoms with Crippen molar-refractivity contribution in [2.75, 3.05) is 20.6 Å². The summed E-state index contributed by atoms with van der Waals surface area (Å²) >= 11 is 0. The molecule has 21 heavy (non-hydrogen) atoms. The molecular formula is C18H30N2O. The predicted octanol–water partition coefficient (Wildman–Crippen LogP) is 3.55. The highest BCUT2D eigenvalue weighted by Gasteiger charge is 2.36. The highest BCUT2D eigenvalue weighted by atomic mass is 16.3. The molecule has 1 aliphatic carbocycles. The second-order valence-electron chi connectivity index (χ2n) is 7.01. The zero-order chi connectivity index (χ0) is 15.5. The smallest absolute Gasteiger partial charge is 0.115 e. The average Bonchev–Trinajstić information content (AvgIpc) is 2.45. The minimum absolute atomic E-state index is 0.281. The third-order valence-electron chi connectivity index (χ3n) is 5.15. The van der Waals surface area contributed by atoms with E-state index in [0.717, 1.165) is 12.5 Å². The van der Waals surface area contributed by atoms with Crippen molar-refractivity contribution in [3.63, 3.8) is 0 Å². The van der Waals surface area contributed by atoms with E-state index < -0.39 is 0 Å². The van der Waals surface area contributed by atoms with Crippen molar-refractivity contribution in [3.05, 3.63) is 29.8 Å². The van der Waals surface area contributed by atoms with Gasteiger partial charge < -0.3 is 15.3 Å². The van der Waals surface area contributed by atoms with E-state index in [4.69, 9.17) is 0 Å². The second kappa shape index (κ2) is 6.80. The van der Waals surface area contributed by atoms with Crippen molar-refractivity contribution >= 4 is 0 Å². The lowest BCUT2D eigenvalue weighted by Crippen LogP contribution is -2.54. The number of nitrogens with one attached hydrogen (secondary N) is 1. The number of hydrogen-bond donors (Lipinski definition) is 2. The Kier molecular flexibility index (Phi) is 5.28. The monoisotopic (exact) mass is 290 g/mol. The quantitative estimate of drug-likeness (QED) is 0.870. The number of benzene rings is 1. The van der Waals surface area contributed by atoms with Gasteiger partial charge in [-0.25, -0.2) is 0 Å². The Hall–Kier alpha value is -1.06. The molecule has 2 rings (SSSR count). The van der Waals surface area contributed by atoms with Crippen LogP contribution in [0.2, 0.25) is 0 Å². The van der Waals surface area contributed by atoms with Crippen molar-refractivity contribution < 1.29 is 5.11 Å². The standard InChI is InChI=1S/C18H30N2O/c1-14-6-5-11-18(12-14,20(3)4)13-19-15(2)16-7-9-17(21)10-8-16/h7-10,14-15,19,21H,5-6,11-13H2,1-4H3. The molecule has 0 radical (unpaired) electrons. The largest absolute Gasteiger partial charge is 0.508 e. The Morgan fingerprint density at radius 3 is 2.57 bits per heavy atom. The van der Waals surface area contributed by atoms with Gasteiger partial charge in [-0.1, -0.05) is 31.9 Å². The molecule has 1 aromatic carbocycles. The van der Waals surface area contributed by atoms with E-state index in [1.54, 1.807) is 12.1 Å². The van der Waals surface area contributed by atoms with Crippen LogP contribution in [0.15, 0.2) is 24.3 Å². The molecular weight excluding hydrogens is 260 g/mol. The topological polar surface area (TPSA) is 35.5 Å². The maximum absolute atomic E-state index is 9.39. The summed E-state index contributed by atoms with van der Waals surface area (Å²) in [5.74, 6) is 1.14. The molecule has 0 heterocycles. The Morgan fingerprint density at radius 1 is 1.33 bits per heavy atom. The van der Waals surface area contributed by atoms with Crippen molar-refractivity contribution in [1.29, 1.82) is 0 Å². The van der Waals surface area contributed by atoms with Gasteiger partial charge in [0.25, 0.3) is 0 Å². The summed E-state index contributed by atoms with van der Waals surface area (Å²) in [6.07, 6.45) is 5.24. The van der Waals surface area contributed by atoms with E-state index in [9.17, 15) is 5.11 Å². The number of rotatable bonds is 5. The Balaban J connectivity index is 2.00. The van der Waals surface area contributed by atoms with Crippen LogP contribution in [0.3, 0.4) is 0 Å². The summed E-state index contributed by atoms with van der Waals surface area (Å²) in [6.45, 7) is 5.59. The number of aromatic hydroxyl groups is 1. The summed E-state index contributed by atoms with van der Waals surface area (Å²) in [5.41, 5.74) is 1.51. The molecule has 0 bridgehead atoms. The molecule has 118 valence electrons. The van der Waals surface area contributed by atoms with Crippen molar-refractivity contribution in [3.8, 4) is 5.75 Å². The van der Waals surface area contributed by atoms with Crippen LogP contribution in [0.1, 0.15) is 51.1 Å². The Morgan fingerprint density at radius 2 is 2.00 bits per heavy atom. The van der Waals surface area contributed by atoms with Crippen LogP contribution >= 0.6 is 0 Å². The van der Waals surface area contributed by atoms with Crippen molar-refractivity contribution in [2.24, 2.45) is 5.92 Å². The summed E-state index contributed by atoms with van der Waals surface area (Å²) in [6, 6.07) is 7.83. The van der Waals surface area contributed by atoms with Gasteiger partial charge in [0, 0.05) is 18.1 Å². The van der Waals surface area contributed by atoms with Gasteiger partial charge in [0.05, 0.1) is 0 Å². The van der Waals surface area contributed by atoms with Gasteiger partial charge in [0.2, 0.25) is 0 Å². The lowest BCUT2D eigenvalue weighted by atomic mass is 9.75. The normalized spacial score (nSPS) is 27.8. The second-order valence-corrected chi connectivity index (χ2v) is 7.01. The van der Waals surface area contributed by atoms with Crippen LogP contribution in [-0.2, 0) is 0 Å². The minimum Gasteiger partial charge on any atom is -0.508 e. The Bertz CT molecular complexity index is 443. The summed E-state index contributed by atoms with van der Waals surface area (Å²) in [5, 5.41) is 13.1.